The summed E-state index contributed by atoms with van der Waals surface area (Å²) in [5.41, 5.74) is 1.40. The van der Waals surface area contributed by atoms with Gasteiger partial charge in [0.05, 0.1) is 0 Å². The number of halogens is 2. The summed E-state index contributed by atoms with van der Waals surface area (Å²) in [6, 6.07) is 0. The predicted molar refractivity (Wildman–Crippen MR) is 60.2 cm³/mol. The molecule has 0 saturated heterocycles. The predicted octanol–water partition coefficient (Wildman–Crippen LogP) is 4.12. The van der Waals surface area contributed by atoms with Crippen LogP contribution in [0.3, 0.4) is 0 Å². The lowest BCUT2D eigenvalue weighted by atomic mass is 9.55. The van der Waals surface area contributed by atoms with Crippen LogP contribution in [0.25, 0.3) is 0 Å². The first-order valence-electron chi connectivity index (χ1n) is 4.86. The Balaban J connectivity index is 2.09. The Bertz CT molecular complexity index is 132. The van der Waals surface area contributed by atoms with E-state index in [-0.39, 0.29) is 0 Å². The molecule has 70 valence electrons. The quantitative estimate of drug-likeness (QED) is 0.672. The highest BCUT2D eigenvalue weighted by Crippen LogP contribution is 2.57. The van der Waals surface area contributed by atoms with Gasteiger partial charge in [-0.2, -0.15) is 0 Å². The first-order valence-corrected chi connectivity index (χ1v) is 7.11. The van der Waals surface area contributed by atoms with Crippen LogP contribution in [-0.4, -0.2) is 10.7 Å². The maximum atomic E-state index is 3.68. The second kappa shape index (κ2) is 3.27. The van der Waals surface area contributed by atoms with Gasteiger partial charge in [0.1, 0.15) is 0 Å². The molecule has 0 N–H and O–H groups in total. The highest BCUT2D eigenvalue weighted by Gasteiger charge is 2.47. The maximum Gasteiger partial charge on any atom is 0.00879 e. The third kappa shape index (κ3) is 1.39. The van der Waals surface area contributed by atoms with Crippen molar-refractivity contribution in [2.45, 2.75) is 38.5 Å². The van der Waals surface area contributed by atoms with Crippen LogP contribution in [0, 0.1) is 10.8 Å². The van der Waals surface area contributed by atoms with Crippen LogP contribution >= 0.6 is 31.9 Å². The minimum absolute atomic E-state index is 0.698. The van der Waals surface area contributed by atoms with Crippen LogP contribution in [0.5, 0.6) is 0 Å². The van der Waals surface area contributed by atoms with E-state index in [1.54, 1.807) is 0 Å². The average molecular weight is 296 g/mol. The molecule has 0 aromatic rings. The zero-order valence-electron chi connectivity index (χ0n) is 7.41. The first kappa shape index (κ1) is 9.51. The van der Waals surface area contributed by atoms with Gasteiger partial charge in [0.2, 0.25) is 0 Å². The zero-order chi connectivity index (χ0) is 8.66. The molecule has 3 aliphatic carbocycles. The minimum Gasteiger partial charge on any atom is -0.0922 e. The van der Waals surface area contributed by atoms with Crippen LogP contribution in [0.4, 0.5) is 0 Å². The van der Waals surface area contributed by atoms with Crippen molar-refractivity contribution in [2.24, 2.45) is 10.8 Å². The average Bonchev–Trinajstić information content (AvgIpc) is 2.21. The van der Waals surface area contributed by atoms with Gasteiger partial charge < -0.3 is 0 Å². The van der Waals surface area contributed by atoms with E-state index in [0.29, 0.717) is 10.8 Å². The van der Waals surface area contributed by atoms with Crippen LogP contribution in [-0.2, 0) is 0 Å². The van der Waals surface area contributed by atoms with Crippen molar-refractivity contribution in [1.82, 2.24) is 0 Å². The Morgan fingerprint density at radius 3 is 1.08 bits per heavy atom. The summed E-state index contributed by atoms with van der Waals surface area (Å²) in [4.78, 5) is 0. The molecular weight excluding hydrogens is 280 g/mol. The number of hydrogen-bond acceptors (Lipinski definition) is 0. The molecule has 3 fully saturated rings. The summed E-state index contributed by atoms with van der Waals surface area (Å²) in [7, 11) is 0. The third-order valence-electron chi connectivity index (χ3n) is 4.12. The van der Waals surface area contributed by atoms with E-state index in [1.165, 1.54) is 49.2 Å². The molecule has 3 saturated carbocycles. The Morgan fingerprint density at radius 1 is 0.667 bits per heavy atom. The molecule has 0 atom stereocenters. The van der Waals surface area contributed by atoms with E-state index < -0.39 is 0 Å². The molecular formula is C10H16Br2. The largest absolute Gasteiger partial charge is 0.0922 e. The molecule has 0 amide bonds. The van der Waals surface area contributed by atoms with Crippen molar-refractivity contribution >= 4 is 31.9 Å². The Kier molecular flexibility index (Phi) is 2.59. The van der Waals surface area contributed by atoms with Gasteiger partial charge >= 0.3 is 0 Å². The van der Waals surface area contributed by atoms with Crippen LogP contribution < -0.4 is 0 Å². The van der Waals surface area contributed by atoms with E-state index in [2.05, 4.69) is 31.9 Å². The van der Waals surface area contributed by atoms with Gasteiger partial charge in [-0.3, -0.25) is 0 Å². The molecule has 12 heavy (non-hydrogen) atoms. The van der Waals surface area contributed by atoms with E-state index in [4.69, 9.17) is 0 Å². The SMILES string of the molecule is BrCC12CCC(CBr)(CC1)CC2. The molecule has 0 aromatic carbocycles. The minimum atomic E-state index is 0.698. The lowest BCUT2D eigenvalue weighted by Crippen LogP contribution is -2.43. The molecule has 0 aliphatic heterocycles. The van der Waals surface area contributed by atoms with Gasteiger partial charge in [0.25, 0.3) is 0 Å². The van der Waals surface area contributed by atoms with E-state index in [1.807, 2.05) is 0 Å². The summed E-state index contributed by atoms with van der Waals surface area (Å²) < 4.78 is 0. The van der Waals surface area contributed by atoms with Gasteiger partial charge in [-0.1, -0.05) is 31.9 Å². The van der Waals surface area contributed by atoms with Crippen molar-refractivity contribution in [3.63, 3.8) is 0 Å². The zero-order valence-corrected chi connectivity index (χ0v) is 10.6. The van der Waals surface area contributed by atoms with Crippen LogP contribution in [0.1, 0.15) is 38.5 Å². The fourth-order valence-electron chi connectivity index (χ4n) is 2.74. The molecule has 0 nitrogen and oxygen atoms in total. The number of hydrogen-bond donors (Lipinski definition) is 0. The summed E-state index contributed by atoms with van der Waals surface area (Å²) in [6.07, 6.45) is 8.77. The van der Waals surface area contributed by atoms with Gasteiger partial charge in [-0.15, -0.1) is 0 Å². The summed E-state index contributed by atoms with van der Waals surface area (Å²) >= 11 is 7.36. The number of fused-ring (bicyclic) bond motifs is 3. The fraction of sp³-hybridized carbons (Fsp3) is 1.00. The van der Waals surface area contributed by atoms with Crippen molar-refractivity contribution in [1.29, 1.82) is 0 Å². The fourth-order valence-corrected chi connectivity index (χ4v) is 4.42. The van der Waals surface area contributed by atoms with Crippen LogP contribution in [0.2, 0.25) is 0 Å². The highest BCUT2D eigenvalue weighted by atomic mass is 79.9. The molecule has 0 radical (unpaired) electrons. The van der Waals surface area contributed by atoms with Crippen molar-refractivity contribution in [2.75, 3.05) is 10.7 Å². The molecule has 2 heteroatoms. The molecule has 3 aliphatic rings. The molecule has 0 heterocycles. The topological polar surface area (TPSA) is 0 Å². The third-order valence-corrected chi connectivity index (χ3v) is 6.50. The molecule has 3 rings (SSSR count). The normalized spacial score (nSPS) is 46.5. The summed E-state index contributed by atoms with van der Waals surface area (Å²) in [6.45, 7) is 0. The second-order valence-corrected chi connectivity index (χ2v) is 5.89. The Labute approximate surface area is 91.7 Å². The smallest absolute Gasteiger partial charge is 0.00879 e. The monoisotopic (exact) mass is 294 g/mol. The van der Waals surface area contributed by atoms with Crippen LogP contribution in [0.15, 0.2) is 0 Å². The van der Waals surface area contributed by atoms with Gasteiger partial charge in [0, 0.05) is 10.7 Å². The summed E-state index contributed by atoms with van der Waals surface area (Å²) in [5, 5.41) is 2.47. The van der Waals surface area contributed by atoms with E-state index >= 15 is 0 Å². The molecule has 0 spiro atoms. The van der Waals surface area contributed by atoms with Gasteiger partial charge in [-0.25, -0.2) is 0 Å². The van der Waals surface area contributed by atoms with Gasteiger partial charge in [0.15, 0.2) is 0 Å². The van der Waals surface area contributed by atoms with Gasteiger partial charge in [-0.05, 0) is 49.4 Å². The second-order valence-electron chi connectivity index (χ2n) is 4.77. The number of alkyl halides is 2. The molecule has 0 unspecified atom stereocenters. The summed E-state index contributed by atoms with van der Waals surface area (Å²) in [5.74, 6) is 0. The van der Waals surface area contributed by atoms with E-state index in [9.17, 15) is 0 Å². The Morgan fingerprint density at radius 2 is 0.917 bits per heavy atom. The lowest BCUT2D eigenvalue weighted by molar-refractivity contribution is 0.0249. The van der Waals surface area contributed by atoms with Crippen molar-refractivity contribution in [3.8, 4) is 0 Å². The van der Waals surface area contributed by atoms with Crippen molar-refractivity contribution in [3.05, 3.63) is 0 Å². The first-order chi connectivity index (χ1) is 5.74. The standard InChI is InChI=1S/C10H16Br2/c11-7-9-1-2-10(8-12,5-3-9)6-4-9/h1-8H2. The number of rotatable bonds is 2. The lowest BCUT2D eigenvalue weighted by Gasteiger charge is -2.52. The van der Waals surface area contributed by atoms with E-state index in [0.717, 1.165) is 0 Å². The Hall–Kier alpha value is 0.960. The molecule has 0 aromatic heterocycles. The maximum absolute atomic E-state index is 3.68. The van der Waals surface area contributed by atoms with Crippen molar-refractivity contribution < 1.29 is 0 Å². The highest BCUT2D eigenvalue weighted by molar-refractivity contribution is 9.09. The molecule has 2 bridgehead atoms.